The van der Waals surface area contributed by atoms with Crippen LogP contribution in [0.4, 0.5) is 5.82 Å². The van der Waals surface area contributed by atoms with E-state index in [2.05, 4.69) is 34.9 Å². The monoisotopic (exact) mass is 242 g/mol. The van der Waals surface area contributed by atoms with Crippen molar-refractivity contribution >= 4 is 41.7 Å². The second kappa shape index (κ2) is 2.96. The minimum Gasteiger partial charge on any atom is -0.354 e. The van der Waals surface area contributed by atoms with E-state index in [1.165, 1.54) is 0 Å². The molecule has 0 fully saturated rings. The van der Waals surface area contributed by atoms with Crippen LogP contribution in [-0.4, -0.2) is 5.16 Å². The highest BCUT2D eigenvalue weighted by Crippen LogP contribution is 2.28. The molecule has 0 aliphatic carbocycles. The van der Waals surface area contributed by atoms with Crippen LogP contribution in [0.1, 0.15) is 0 Å². The van der Waals surface area contributed by atoms with Gasteiger partial charge in [0.05, 0.1) is 5.39 Å². The Bertz CT molecular complexity index is 440. The van der Waals surface area contributed by atoms with E-state index < -0.39 is 0 Å². The average Bonchev–Trinajstić information content (AvgIpc) is 2.46. The van der Waals surface area contributed by atoms with E-state index in [9.17, 15) is 0 Å². The minimum absolute atomic E-state index is 0.558. The van der Waals surface area contributed by atoms with Crippen LogP contribution in [0, 0.1) is 0 Å². The fourth-order valence-corrected chi connectivity index (χ4v) is 1.50. The van der Waals surface area contributed by atoms with Gasteiger partial charge in [-0.2, -0.15) is 0 Å². The van der Waals surface area contributed by atoms with Gasteiger partial charge in [0.25, 0.3) is 0 Å². The minimum atomic E-state index is 0.558. The normalized spacial score (nSPS) is 10.4. The molecule has 0 radical (unpaired) electrons. The summed E-state index contributed by atoms with van der Waals surface area (Å²) in [7, 11) is 3.02. The number of fused-ring (bicyclic) bond motifs is 1. The van der Waals surface area contributed by atoms with Crippen LogP contribution in [0.2, 0.25) is 0 Å². The summed E-state index contributed by atoms with van der Waals surface area (Å²) in [4.78, 5) is 0. The van der Waals surface area contributed by atoms with Crippen molar-refractivity contribution in [3.8, 4) is 0 Å². The third kappa shape index (κ3) is 1.17. The molecule has 0 aliphatic heterocycles. The average molecular weight is 243 g/mol. The summed E-state index contributed by atoms with van der Waals surface area (Å²) in [6, 6.07) is 5.64. The van der Waals surface area contributed by atoms with Crippen LogP contribution in [0.5, 0.6) is 0 Å². The van der Waals surface area contributed by atoms with Gasteiger partial charge in [0, 0.05) is 4.47 Å². The smallest absolute Gasteiger partial charge is 0.206 e. The molecule has 1 aromatic heterocycles. The van der Waals surface area contributed by atoms with Crippen molar-refractivity contribution in [2.75, 3.05) is 0 Å². The van der Waals surface area contributed by atoms with Crippen molar-refractivity contribution in [2.24, 2.45) is 4.74 Å². The van der Waals surface area contributed by atoms with Crippen LogP contribution >= 0.6 is 25.0 Å². The molecule has 5 heteroatoms. The van der Waals surface area contributed by atoms with E-state index in [0.29, 0.717) is 5.82 Å². The maximum absolute atomic E-state index is 5.00. The van der Waals surface area contributed by atoms with Gasteiger partial charge in [0.15, 0.2) is 5.58 Å². The van der Waals surface area contributed by atoms with E-state index in [1.54, 1.807) is 0 Å². The lowest BCUT2D eigenvalue weighted by atomic mass is 10.2. The molecule has 12 heavy (non-hydrogen) atoms. The maximum atomic E-state index is 5.00. The molecule has 3 nitrogen and oxygen atoms in total. The molecule has 0 saturated heterocycles. The molecule has 0 aliphatic rings. The highest BCUT2D eigenvalue weighted by atomic mass is 79.9. The fraction of sp³-hybridized carbons (Fsp3) is 0. The summed E-state index contributed by atoms with van der Waals surface area (Å²) in [5.74, 6) is 0.558. The van der Waals surface area contributed by atoms with E-state index in [-0.39, 0.29) is 0 Å². The Morgan fingerprint density at radius 2 is 2.33 bits per heavy atom. The molecule has 2 rings (SSSR count). The van der Waals surface area contributed by atoms with Gasteiger partial charge < -0.3 is 4.52 Å². The zero-order chi connectivity index (χ0) is 8.55. The zero-order valence-electron chi connectivity index (χ0n) is 5.91. The summed E-state index contributed by atoms with van der Waals surface area (Å²) in [6.45, 7) is 0. The molecule has 1 heterocycles. The van der Waals surface area contributed by atoms with Crippen molar-refractivity contribution in [1.29, 1.82) is 0 Å². The molecule has 0 unspecified atom stereocenters. The van der Waals surface area contributed by atoms with Crippen molar-refractivity contribution in [1.82, 2.24) is 5.16 Å². The Morgan fingerprint density at radius 1 is 1.50 bits per heavy atom. The van der Waals surface area contributed by atoms with Crippen LogP contribution in [0.15, 0.2) is 31.9 Å². The first-order valence-corrected chi connectivity index (χ1v) is 4.47. The molecule has 1 aromatic carbocycles. The second-order valence-electron chi connectivity index (χ2n) is 2.26. The molecule has 0 saturated carbocycles. The highest BCUT2D eigenvalue weighted by Gasteiger charge is 2.05. The number of hydrogen-bond acceptors (Lipinski definition) is 3. The van der Waals surface area contributed by atoms with Gasteiger partial charge in [-0.3, -0.25) is 0 Å². The van der Waals surface area contributed by atoms with Crippen molar-refractivity contribution in [2.45, 2.75) is 0 Å². The summed E-state index contributed by atoms with van der Waals surface area (Å²) in [5, 5.41) is 4.63. The number of benzene rings is 1. The lowest BCUT2D eigenvalue weighted by molar-refractivity contribution is 0.459. The zero-order valence-corrected chi connectivity index (χ0v) is 8.50. The summed E-state index contributed by atoms with van der Waals surface area (Å²) in [6.07, 6.45) is 0. The van der Waals surface area contributed by atoms with E-state index in [0.717, 1.165) is 15.4 Å². The van der Waals surface area contributed by atoms with Crippen LogP contribution in [-0.2, 0) is 0 Å². The summed E-state index contributed by atoms with van der Waals surface area (Å²) < 4.78 is 9.76. The van der Waals surface area contributed by atoms with Crippen LogP contribution in [0.25, 0.3) is 11.0 Å². The number of rotatable bonds is 1. The number of nitrogens with zero attached hydrogens (tertiary/aromatic N) is 2. The Labute approximate surface area is 79.2 Å². The maximum Gasteiger partial charge on any atom is 0.206 e. The van der Waals surface area contributed by atoms with E-state index >= 15 is 0 Å². The standard InChI is InChI=1S/C7H4BrN2OP/c8-4-1-2-6-5(3-4)7(10-12)9-11-6/h1-3,12H. The summed E-state index contributed by atoms with van der Waals surface area (Å²) >= 11 is 3.35. The third-order valence-corrected chi connectivity index (χ3v) is 2.22. The molecule has 0 amide bonds. The predicted octanol–water partition coefficient (Wildman–Crippen LogP) is 3.55. The SMILES string of the molecule is P=Nc1noc2ccc(Br)cc12. The molecule has 0 spiro atoms. The Morgan fingerprint density at radius 3 is 3.08 bits per heavy atom. The Balaban J connectivity index is 2.83. The van der Waals surface area contributed by atoms with Crippen molar-refractivity contribution in [3.05, 3.63) is 22.7 Å². The fourth-order valence-electron chi connectivity index (χ4n) is 0.979. The van der Waals surface area contributed by atoms with Gasteiger partial charge in [-0.15, -0.1) is 0 Å². The summed E-state index contributed by atoms with van der Waals surface area (Å²) in [5.41, 5.74) is 0.732. The predicted molar refractivity (Wildman–Crippen MR) is 52.1 cm³/mol. The molecule has 2 aromatic rings. The number of hydrogen-bond donors (Lipinski definition) is 0. The molecule has 60 valence electrons. The second-order valence-corrected chi connectivity index (χ2v) is 3.40. The molecular formula is C7H4BrN2OP. The third-order valence-electron chi connectivity index (χ3n) is 1.52. The number of halogens is 1. The van der Waals surface area contributed by atoms with E-state index in [4.69, 9.17) is 4.52 Å². The Kier molecular flexibility index (Phi) is 1.95. The Hall–Kier alpha value is -0.730. The lowest BCUT2D eigenvalue weighted by Gasteiger charge is -1.87. The van der Waals surface area contributed by atoms with Gasteiger partial charge in [-0.1, -0.05) is 21.1 Å². The molecular weight excluding hydrogens is 239 g/mol. The van der Waals surface area contributed by atoms with Gasteiger partial charge in [0.1, 0.15) is 0 Å². The van der Waals surface area contributed by atoms with Crippen LogP contribution < -0.4 is 0 Å². The quantitative estimate of drug-likeness (QED) is 0.718. The molecule has 0 atom stereocenters. The lowest BCUT2D eigenvalue weighted by Crippen LogP contribution is -1.64. The van der Waals surface area contributed by atoms with Crippen LogP contribution in [0.3, 0.4) is 0 Å². The van der Waals surface area contributed by atoms with Gasteiger partial charge in [-0.05, 0) is 27.2 Å². The van der Waals surface area contributed by atoms with Crippen molar-refractivity contribution < 1.29 is 4.52 Å². The first kappa shape index (κ1) is 7.90. The largest absolute Gasteiger partial charge is 0.354 e. The molecule has 0 bridgehead atoms. The van der Waals surface area contributed by atoms with Crippen molar-refractivity contribution in [3.63, 3.8) is 0 Å². The highest BCUT2D eigenvalue weighted by molar-refractivity contribution is 9.10. The topological polar surface area (TPSA) is 38.4 Å². The first-order valence-electron chi connectivity index (χ1n) is 3.23. The van der Waals surface area contributed by atoms with Gasteiger partial charge >= 0.3 is 0 Å². The van der Waals surface area contributed by atoms with Gasteiger partial charge in [-0.25, -0.2) is 4.74 Å². The van der Waals surface area contributed by atoms with E-state index in [1.807, 2.05) is 18.2 Å². The first-order chi connectivity index (χ1) is 5.81. The molecule has 0 N–H and O–H groups in total. The number of aromatic nitrogens is 1. The van der Waals surface area contributed by atoms with Gasteiger partial charge in [0.2, 0.25) is 5.82 Å².